The second-order valence-corrected chi connectivity index (χ2v) is 10.2. The van der Waals surface area contributed by atoms with Crippen LogP contribution in [0.3, 0.4) is 0 Å². The zero-order valence-electron chi connectivity index (χ0n) is 14.8. The third-order valence-electron chi connectivity index (χ3n) is 6.17. The first-order valence-corrected chi connectivity index (χ1v) is 11.1. The first kappa shape index (κ1) is 18.6. The summed E-state index contributed by atoms with van der Waals surface area (Å²) >= 11 is 0. The molecule has 8 heteroatoms. The van der Waals surface area contributed by atoms with E-state index >= 15 is 0 Å². The number of amides is 2. The zero-order chi connectivity index (χ0) is 18.2. The predicted octanol–water partition coefficient (Wildman–Crippen LogP) is -0.0983. The first-order valence-electron chi connectivity index (χ1n) is 9.32. The lowest BCUT2D eigenvalue weighted by molar-refractivity contribution is -0.137. The van der Waals surface area contributed by atoms with Gasteiger partial charge in [0.2, 0.25) is 11.8 Å². The molecule has 0 radical (unpaired) electrons. The van der Waals surface area contributed by atoms with Gasteiger partial charge in [-0.2, -0.15) is 0 Å². The highest BCUT2D eigenvalue weighted by atomic mass is 32.2. The van der Waals surface area contributed by atoms with Crippen LogP contribution in [0.1, 0.15) is 39.0 Å². The van der Waals surface area contributed by atoms with E-state index < -0.39 is 15.9 Å². The molecule has 7 nitrogen and oxygen atoms in total. The van der Waals surface area contributed by atoms with Crippen molar-refractivity contribution in [3.8, 4) is 0 Å². The van der Waals surface area contributed by atoms with Gasteiger partial charge in [0.1, 0.15) is 6.04 Å². The Balaban J connectivity index is 1.53. The van der Waals surface area contributed by atoms with E-state index in [1.165, 1.54) is 11.3 Å². The van der Waals surface area contributed by atoms with E-state index in [4.69, 9.17) is 5.73 Å². The quantitative estimate of drug-likeness (QED) is 0.720. The fraction of sp³-hybridized carbons (Fsp3) is 0.882. The van der Waals surface area contributed by atoms with Gasteiger partial charge in [-0.3, -0.25) is 9.59 Å². The summed E-state index contributed by atoms with van der Waals surface area (Å²) in [5.41, 5.74) is 6.27. The van der Waals surface area contributed by atoms with Crippen molar-refractivity contribution < 1.29 is 18.0 Å². The van der Waals surface area contributed by atoms with Gasteiger partial charge in [0, 0.05) is 25.0 Å². The van der Waals surface area contributed by atoms with Crippen molar-refractivity contribution in [2.75, 3.05) is 24.6 Å². The van der Waals surface area contributed by atoms with Crippen LogP contribution in [0, 0.1) is 17.8 Å². The van der Waals surface area contributed by atoms with Gasteiger partial charge in [0.05, 0.1) is 11.5 Å². The van der Waals surface area contributed by atoms with Gasteiger partial charge >= 0.3 is 0 Å². The molecular formula is C17H29N3O4S. The van der Waals surface area contributed by atoms with Crippen molar-refractivity contribution in [2.24, 2.45) is 23.5 Å². The van der Waals surface area contributed by atoms with Crippen molar-refractivity contribution in [3.63, 3.8) is 0 Å². The minimum absolute atomic E-state index is 0.00325. The molecule has 3 N–H and O–H groups in total. The molecule has 3 unspecified atom stereocenters. The average molecular weight is 372 g/mol. The van der Waals surface area contributed by atoms with E-state index in [0.29, 0.717) is 11.8 Å². The van der Waals surface area contributed by atoms with Crippen LogP contribution >= 0.6 is 0 Å². The number of carbonyl (C=O) groups excluding carboxylic acids is 2. The smallest absolute Gasteiger partial charge is 0.244 e. The molecule has 3 atom stereocenters. The van der Waals surface area contributed by atoms with E-state index in [-0.39, 0.29) is 48.4 Å². The molecule has 1 aliphatic heterocycles. The van der Waals surface area contributed by atoms with E-state index in [1.807, 2.05) is 0 Å². The van der Waals surface area contributed by atoms with E-state index in [0.717, 1.165) is 25.7 Å². The number of rotatable bonds is 3. The molecule has 2 amide bonds. The zero-order valence-corrected chi connectivity index (χ0v) is 15.6. The third kappa shape index (κ3) is 4.16. The maximum Gasteiger partial charge on any atom is 0.244 e. The van der Waals surface area contributed by atoms with E-state index in [9.17, 15) is 18.0 Å². The predicted molar refractivity (Wildman–Crippen MR) is 94.4 cm³/mol. The van der Waals surface area contributed by atoms with E-state index in [1.54, 1.807) is 6.92 Å². The van der Waals surface area contributed by atoms with Crippen LogP contribution in [0.5, 0.6) is 0 Å². The normalized spacial score (nSPS) is 35.7. The monoisotopic (exact) mass is 371 g/mol. The number of fused-ring (bicyclic) bond motifs is 2. The van der Waals surface area contributed by atoms with Crippen LogP contribution in [-0.2, 0) is 19.4 Å². The van der Waals surface area contributed by atoms with Gasteiger partial charge in [0.25, 0.3) is 0 Å². The van der Waals surface area contributed by atoms with Gasteiger partial charge in [-0.1, -0.05) is 6.42 Å². The Morgan fingerprint density at radius 2 is 1.68 bits per heavy atom. The minimum Gasteiger partial charge on any atom is -0.344 e. The summed E-state index contributed by atoms with van der Waals surface area (Å²) in [5, 5.41) is 2.85. The van der Waals surface area contributed by atoms with Crippen LogP contribution < -0.4 is 11.1 Å². The third-order valence-corrected chi connectivity index (χ3v) is 7.78. The van der Waals surface area contributed by atoms with Crippen LogP contribution in [0.15, 0.2) is 0 Å². The van der Waals surface area contributed by atoms with Gasteiger partial charge in [0.15, 0.2) is 9.84 Å². The van der Waals surface area contributed by atoms with Crippen molar-refractivity contribution in [3.05, 3.63) is 0 Å². The van der Waals surface area contributed by atoms with Crippen molar-refractivity contribution >= 4 is 21.7 Å². The van der Waals surface area contributed by atoms with Gasteiger partial charge < -0.3 is 16.0 Å². The fourth-order valence-corrected chi connectivity index (χ4v) is 5.80. The molecule has 3 aliphatic rings. The molecule has 0 aromatic carbocycles. The number of nitrogens with one attached hydrogen (secondary N) is 1. The molecule has 25 heavy (non-hydrogen) atoms. The number of carbonyl (C=O) groups is 2. The Hall–Kier alpha value is -1.15. The summed E-state index contributed by atoms with van der Waals surface area (Å²) in [6.07, 6.45) is 5.01. The van der Waals surface area contributed by atoms with Crippen LogP contribution in [0.4, 0.5) is 0 Å². The Labute approximate surface area is 149 Å². The molecule has 3 fully saturated rings. The largest absolute Gasteiger partial charge is 0.344 e. The minimum atomic E-state index is -3.02. The molecule has 0 aromatic heterocycles. The Morgan fingerprint density at radius 1 is 1.12 bits per heavy atom. The van der Waals surface area contributed by atoms with Crippen molar-refractivity contribution in [1.82, 2.24) is 10.2 Å². The van der Waals surface area contributed by atoms with Gasteiger partial charge in [-0.25, -0.2) is 8.42 Å². The highest BCUT2D eigenvalue weighted by Crippen LogP contribution is 2.41. The molecule has 2 bridgehead atoms. The molecule has 2 aliphatic carbocycles. The topological polar surface area (TPSA) is 110 Å². The lowest BCUT2D eigenvalue weighted by Gasteiger charge is -2.43. The van der Waals surface area contributed by atoms with Crippen LogP contribution in [0.25, 0.3) is 0 Å². The number of hydrogen-bond acceptors (Lipinski definition) is 5. The second kappa shape index (κ2) is 7.23. The van der Waals surface area contributed by atoms with Crippen molar-refractivity contribution in [2.45, 2.75) is 51.1 Å². The second-order valence-electron chi connectivity index (χ2n) is 7.90. The number of nitrogens with zero attached hydrogens (tertiary/aromatic N) is 1. The lowest BCUT2D eigenvalue weighted by Crippen LogP contribution is -2.54. The molecular weight excluding hydrogens is 342 g/mol. The molecule has 0 spiro atoms. The van der Waals surface area contributed by atoms with Gasteiger partial charge in [-0.15, -0.1) is 0 Å². The standard InChI is InChI=1S/C17H29N3O4S/c1-11(17(22)20-5-7-25(23,24)8-6-20)19-16(21)14-9-12-3-2-4-13(10-14)15(12)18/h11-15H,2-10,18H2,1H3,(H,19,21). The van der Waals surface area contributed by atoms with Crippen molar-refractivity contribution in [1.29, 1.82) is 0 Å². The number of nitrogens with two attached hydrogens (primary N) is 1. The summed E-state index contributed by atoms with van der Waals surface area (Å²) in [6.45, 7) is 2.10. The summed E-state index contributed by atoms with van der Waals surface area (Å²) in [4.78, 5) is 26.6. The van der Waals surface area contributed by atoms with Crippen LogP contribution in [0.2, 0.25) is 0 Å². The number of sulfone groups is 1. The fourth-order valence-electron chi connectivity index (χ4n) is 4.60. The summed E-state index contributed by atoms with van der Waals surface area (Å²) in [7, 11) is -3.02. The van der Waals surface area contributed by atoms with Crippen LogP contribution in [-0.4, -0.2) is 61.8 Å². The summed E-state index contributed by atoms with van der Waals surface area (Å²) in [5.74, 6) is 0.521. The highest BCUT2D eigenvalue weighted by Gasteiger charge is 2.41. The first-order chi connectivity index (χ1) is 11.8. The molecule has 3 rings (SSSR count). The molecule has 2 saturated carbocycles. The molecule has 1 saturated heterocycles. The summed E-state index contributed by atoms with van der Waals surface area (Å²) < 4.78 is 23.0. The highest BCUT2D eigenvalue weighted by molar-refractivity contribution is 7.91. The Morgan fingerprint density at radius 3 is 2.24 bits per heavy atom. The average Bonchev–Trinajstić information content (AvgIpc) is 2.53. The Bertz CT molecular complexity index is 608. The van der Waals surface area contributed by atoms with Gasteiger partial charge in [-0.05, 0) is 44.4 Å². The molecule has 0 aromatic rings. The maximum absolute atomic E-state index is 12.6. The Kier molecular flexibility index (Phi) is 5.39. The summed E-state index contributed by atoms with van der Waals surface area (Å²) in [6, 6.07) is -0.407. The SMILES string of the molecule is CC(NC(=O)C1CC2CCCC(C1)C2N)C(=O)N1CCS(=O)(=O)CC1. The lowest BCUT2D eigenvalue weighted by atomic mass is 9.65. The molecule has 142 valence electrons. The van der Waals surface area contributed by atoms with E-state index in [2.05, 4.69) is 5.32 Å². The number of hydrogen-bond donors (Lipinski definition) is 2. The maximum atomic E-state index is 12.6. The molecule has 1 heterocycles.